The minimum Gasteiger partial charge on any atom is -0.295 e. The van der Waals surface area contributed by atoms with E-state index in [2.05, 4.69) is 31.2 Å². The zero-order valence-corrected chi connectivity index (χ0v) is 11.7. The van der Waals surface area contributed by atoms with Gasteiger partial charge in [-0.05, 0) is 42.0 Å². The van der Waals surface area contributed by atoms with E-state index in [1.165, 1.54) is 11.1 Å². The second-order valence-corrected chi connectivity index (χ2v) is 5.31. The van der Waals surface area contributed by atoms with Crippen LogP contribution in [0.5, 0.6) is 0 Å². The van der Waals surface area contributed by atoms with Crippen LogP contribution in [-0.2, 0) is 4.79 Å². The highest BCUT2D eigenvalue weighted by atomic mass is 16.1. The SMILES string of the molecule is Cc1ccccc1/C(=C1\CCCC1=O)c1ccccc1. The van der Waals surface area contributed by atoms with E-state index in [4.69, 9.17) is 0 Å². The third-order valence-corrected chi connectivity index (χ3v) is 3.95. The van der Waals surface area contributed by atoms with Crippen molar-refractivity contribution in [2.75, 3.05) is 0 Å². The molecule has 0 saturated heterocycles. The summed E-state index contributed by atoms with van der Waals surface area (Å²) < 4.78 is 0. The molecular weight excluding hydrogens is 244 g/mol. The fraction of sp³-hybridized carbons (Fsp3) is 0.211. The third-order valence-electron chi connectivity index (χ3n) is 3.95. The van der Waals surface area contributed by atoms with Crippen molar-refractivity contribution < 1.29 is 4.79 Å². The standard InChI is InChI=1S/C19H18O/c1-14-8-5-6-11-16(14)19(15-9-3-2-4-10-15)17-12-7-13-18(17)20/h2-6,8-11H,7,12-13H2,1H3/b19-17+. The Morgan fingerprint density at radius 3 is 2.25 bits per heavy atom. The Hall–Kier alpha value is -2.15. The summed E-state index contributed by atoms with van der Waals surface area (Å²) in [5.41, 5.74) is 5.69. The molecule has 0 heterocycles. The van der Waals surface area contributed by atoms with Crippen molar-refractivity contribution in [3.63, 3.8) is 0 Å². The van der Waals surface area contributed by atoms with Gasteiger partial charge in [0.15, 0.2) is 5.78 Å². The second kappa shape index (κ2) is 5.46. The normalized spacial score (nSPS) is 17.4. The Bertz CT molecular complexity index is 665. The summed E-state index contributed by atoms with van der Waals surface area (Å²) in [4.78, 5) is 12.2. The van der Waals surface area contributed by atoms with Gasteiger partial charge >= 0.3 is 0 Å². The summed E-state index contributed by atoms with van der Waals surface area (Å²) in [6, 6.07) is 18.6. The lowest BCUT2D eigenvalue weighted by molar-refractivity contribution is -0.114. The van der Waals surface area contributed by atoms with Crippen molar-refractivity contribution >= 4 is 11.4 Å². The fourth-order valence-electron chi connectivity index (χ4n) is 2.93. The highest BCUT2D eigenvalue weighted by molar-refractivity contribution is 6.07. The van der Waals surface area contributed by atoms with Crippen molar-refractivity contribution in [2.45, 2.75) is 26.2 Å². The molecule has 1 aliphatic rings. The Morgan fingerprint density at radius 2 is 1.60 bits per heavy atom. The molecule has 100 valence electrons. The summed E-state index contributed by atoms with van der Waals surface area (Å²) in [6.45, 7) is 2.11. The van der Waals surface area contributed by atoms with Gasteiger partial charge in [0.1, 0.15) is 0 Å². The molecule has 0 radical (unpaired) electrons. The highest BCUT2D eigenvalue weighted by Gasteiger charge is 2.23. The maximum Gasteiger partial charge on any atom is 0.159 e. The van der Waals surface area contributed by atoms with Crippen LogP contribution in [0, 0.1) is 6.92 Å². The molecule has 0 aromatic heterocycles. The highest BCUT2D eigenvalue weighted by Crippen LogP contribution is 2.35. The Kier molecular flexibility index (Phi) is 3.51. The smallest absolute Gasteiger partial charge is 0.159 e. The molecule has 3 rings (SSSR count). The van der Waals surface area contributed by atoms with E-state index < -0.39 is 0 Å². The van der Waals surface area contributed by atoms with Gasteiger partial charge in [-0.15, -0.1) is 0 Å². The number of carbonyl (C=O) groups is 1. The lowest BCUT2D eigenvalue weighted by Gasteiger charge is -2.14. The molecule has 0 bridgehead atoms. The molecule has 1 heteroatoms. The van der Waals surface area contributed by atoms with Crippen LogP contribution in [-0.4, -0.2) is 5.78 Å². The van der Waals surface area contributed by atoms with Gasteiger partial charge in [0.2, 0.25) is 0 Å². The molecule has 20 heavy (non-hydrogen) atoms. The van der Waals surface area contributed by atoms with E-state index in [1.54, 1.807) is 0 Å². The van der Waals surface area contributed by atoms with Crippen molar-refractivity contribution in [1.82, 2.24) is 0 Å². The fourth-order valence-corrected chi connectivity index (χ4v) is 2.93. The van der Waals surface area contributed by atoms with Crippen LogP contribution in [0.2, 0.25) is 0 Å². The summed E-state index contributed by atoms with van der Waals surface area (Å²) >= 11 is 0. The van der Waals surface area contributed by atoms with Crippen LogP contribution in [0.3, 0.4) is 0 Å². The van der Waals surface area contributed by atoms with E-state index in [0.717, 1.165) is 29.6 Å². The molecular formula is C19H18O. The van der Waals surface area contributed by atoms with Crippen molar-refractivity contribution in [1.29, 1.82) is 0 Å². The molecule has 0 aliphatic heterocycles. The molecule has 0 atom stereocenters. The van der Waals surface area contributed by atoms with Gasteiger partial charge < -0.3 is 0 Å². The second-order valence-electron chi connectivity index (χ2n) is 5.31. The average molecular weight is 262 g/mol. The van der Waals surface area contributed by atoms with Gasteiger partial charge in [0.05, 0.1) is 0 Å². The molecule has 1 saturated carbocycles. The largest absolute Gasteiger partial charge is 0.295 e. The maximum absolute atomic E-state index is 12.2. The van der Waals surface area contributed by atoms with Crippen molar-refractivity contribution in [2.24, 2.45) is 0 Å². The number of rotatable bonds is 2. The summed E-state index contributed by atoms with van der Waals surface area (Å²) in [5.74, 6) is 0.312. The molecule has 0 N–H and O–H groups in total. The zero-order chi connectivity index (χ0) is 13.9. The van der Waals surface area contributed by atoms with Gasteiger partial charge in [0.25, 0.3) is 0 Å². The lowest BCUT2D eigenvalue weighted by Crippen LogP contribution is -2.01. The first-order chi connectivity index (χ1) is 9.77. The zero-order valence-electron chi connectivity index (χ0n) is 11.7. The predicted octanol–water partition coefficient (Wildman–Crippen LogP) is 4.55. The van der Waals surface area contributed by atoms with E-state index >= 15 is 0 Å². The molecule has 1 fully saturated rings. The number of carbonyl (C=O) groups excluding carboxylic acids is 1. The van der Waals surface area contributed by atoms with Crippen LogP contribution in [0.15, 0.2) is 60.2 Å². The topological polar surface area (TPSA) is 17.1 Å². The molecule has 2 aromatic rings. The van der Waals surface area contributed by atoms with Gasteiger partial charge in [-0.2, -0.15) is 0 Å². The maximum atomic E-state index is 12.2. The average Bonchev–Trinajstić information content (AvgIpc) is 2.89. The Balaban J connectivity index is 2.25. The predicted molar refractivity (Wildman–Crippen MR) is 82.5 cm³/mol. The van der Waals surface area contributed by atoms with Gasteiger partial charge in [-0.3, -0.25) is 4.79 Å². The van der Waals surface area contributed by atoms with E-state index in [-0.39, 0.29) is 0 Å². The van der Waals surface area contributed by atoms with E-state index in [9.17, 15) is 4.79 Å². The monoisotopic (exact) mass is 262 g/mol. The van der Waals surface area contributed by atoms with Crippen LogP contribution in [0.4, 0.5) is 0 Å². The Morgan fingerprint density at radius 1 is 0.900 bits per heavy atom. The molecule has 0 unspecified atom stereocenters. The number of hydrogen-bond acceptors (Lipinski definition) is 1. The van der Waals surface area contributed by atoms with E-state index in [1.807, 2.05) is 30.3 Å². The number of allylic oxidation sites excluding steroid dienone is 1. The van der Waals surface area contributed by atoms with Crippen LogP contribution >= 0.6 is 0 Å². The molecule has 0 spiro atoms. The number of benzene rings is 2. The van der Waals surface area contributed by atoms with Crippen LogP contribution in [0.25, 0.3) is 5.57 Å². The minimum atomic E-state index is 0.312. The van der Waals surface area contributed by atoms with Gasteiger partial charge in [-0.1, -0.05) is 54.6 Å². The molecule has 2 aromatic carbocycles. The molecule has 1 nitrogen and oxygen atoms in total. The third kappa shape index (κ3) is 2.32. The summed E-state index contributed by atoms with van der Waals surface area (Å²) in [6.07, 6.45) is 2.57. The number of Topliss-reactive ketones (excluding diaryl/α,β-unsaturated/α-hetero) is 1. The summed E-state index contributed by atoms with van der Waals surface area (Å²) in [5, 5.41) is 0. The summed E-state index contributed by atoms with van der Waals surface area (Å²) in [7, 11) is 0. The van der Waals surface area contributed by atoms with Crippen LogP contribution < -0.4 is 0 Å². The number of ketones is 1. The van der Waals surface area contributed by atoms with Crippen LogP contribution in [0.1, 0.15) is 36.0 Å². The number of hydrogen-bond donors (Lipinski definition) is 0. The van der Waals surface area contributed by atoms with Gasteiger partial charge in [0, 0.05) is 12.0 Å². The Labute approximate surface area is 120 Å². The first-order valence-corrected chi connectivity index (χ1v) is 7.15. The quantitative estimate of drug-likeness (QED) is 0.726. The minimum absolute atomic E-state index is 0.312. The molecule has 1 aliphatic carbocycles. The lowest BCUT2D eigenvalue weighted by atomic mass is 9.89. The first kappa shape index (κ1) is 12.9. The van der Waals surface area contributed by atoms with Gasteiger partial charge in [-0.25, -0.2) is 0 Å². The molecule has 0 amide bonds. The van der Waals surface area contributed by atoms with Crippen molar-refractivity contribution in [3.05, 3.63) is 76.9 Å². The van der Waals surface area contributed by atoms with E-state index in [0.29, 0.717) is 12.2 Å². The first-order valence-electron chi connectivity index (χ1n) is 7.15. The number of aryl methyl sites for hydroxylation is 1. The van der Waals surface area contributed by atoms with Crippen molar-refractivity contribution in [3.8, 4) is 0 Å².